The van der Waals surface area contributed by atoms with Crippen LogP contribution in [0.25, 0.3) is 0 Å². The summed E-state index contributed by atoms with van der Waals surface area (Å²) >= 11 is 0. The van der Waals surface area contributed by atoms with Crippen LogP contribution in [0.2, 0.25) is 0 Å². The smallest absolute Gasteiger partial charge is 0.407 e. The summed E-state index contributed by atoms with van der Waals surface area (Å²) in [7, 11) is 0. The third-order valence-electron chi connectivity index (χ3n) is 6.73. The quantitative estimate of drug-likeness (QED) is 0.243. The average molecular weight is 565 g/mol. The molecular weight excluding hydrogens is 512 g/mol. The molecule has 4 amide bonds. The van der Waals surface area contributed by atoms with Crippen molar-refractivity contribution in [3.63, 3.8) is 0 Å². The van der Waals surface area contributed by atoms with Gasteiger partial charge < -0.3 is 25.6 Å². The van der Waals surface area contributed by atoms with Gasteiger partial charge >= 0.3 is 6.09 Å². The second-order valence-corrected chi connectivity index (χ2v) is 11.9. The molecule has 0 bridgehead atoms. The second-order valence-electron chi connectivity index (χ2n) is 11.9. The molecular formula is C30H52N4O6. The van der Waals surface area contributed by atoms with E-state index in [1.54, 1.807) is 0 Å². The summed E-state index contributed by atoms with van der Waals surface area (Å²) in [6.07, 6.45) is 7.62. The van der Waals surface area contributed by atoms with Gasteiger partial charge in [0.2, 0.25) is 17.6 Å². The molecule has 0 radical (unpaired) electrons. The van der Waals surface area contributed by atoms with Crippen LogP contribution in [0.15, 0.2) is 12.7 Å². The molecule has 0 aromatic carbocycles. The first-order chi connectivity index (χ1) is 18.9. The topological polar surface area (TPSA) is 134 Å². The van der Waals surface area contributed by atoms with E-state index in [1.165, 1.54) is 17.4 Å². The van der Waals surface area contributed by atoms with Gasteiger partial charge in [-0.25, -0.2) is 4.79 Å². The Morgan fingerprint density at radius 1 is 1.00 bits per heavy atom. The summed E-state index contributed by atoms with van der Waals surface area (Å²) in [6.45, 7) is 16.2. The van der Waals surface area contributed by atoms with Gasteiger partial charge in [-0.2, -0.15) is 0 Å². The standard InChI is InChI=1S/C27H44N4O6.C3H8/c1-6-11-19(22(32)24(34)28-15-7-2)29-23(33)20-14-10-16-31(20)25(35)21(18-12-8-9-13-18)30-26(36)37-17-27(3,4)5;1-3-2/h7,18-21H,2,6,8-17H2,1,3-5H3,(H,28,34)(H,29,33)(H,30,36);3H2,1-2H3/t19?,20?,21-;/m0./s1. The van der Waals surface area contributed by atoms with Crippen molar-refractivity contribution in [3.8, 4) is 0 Å². The Labute approximate surface area is 240 Å². The van der Waals surface area contributed by atoms with Crippen LogP contribution in [-0.4, -0.2) is 72.3 Å². The number of nitrogens with zero attached hydrogens (tertiary/aromatic N) is 1. The highest BCUT2D eigenvalue weighted by Crippen LogP contribution is 2.30. The SMILES string of the molecule is C=CCNC(=O)C(=O)C(CCC)NC(=O)C1CCCN1C(=O)[C@@H](NC(=O)OCC(C)(C)C)C1CCCC1.CCC. The maximum absolute atomic E-state index is 13.7. The summed E-state index contributed by atoms with van der Waals surface area (Å²) in [5.74, 6) is -2.30. The third kappa shape index (κ3) is 11.7. The number of carbonyl (C=O) groups is 5. The monoisotopic (exact) mass is 564 g/mol. The molecule has 228 valence electrons. The highest BCUT2D eigenvalue weighted by atomic mass is 16.5. The summed E-state index contributed by atoms with van der Waals surface area (Å²) in [6, 6.07) is -2.52. The molecule has 0 aromatic heterocycles. The van der Waals surface area contributed by atoms with E-state index in [2.05, 4.69) is 36.4 Å². The second kappa shape index (κ2) is 17.7. The van der Waals surface area contributed by atoms with E-state index in [9.17, 15) is 24.0 Å². The van der Waals surface area contributed by atoms with Gasteiger partial charge in [-0.05, 0) is 43.4 Å². The summed E-state index contributed by atoms with van der Waals surface area (Å²) in [5, 5.41) is 7.94. The van der Waals surface area contributed by atoms with Crippen molar-refractivity contribution in [2.45, 2.75) is 117 Å². The fraction of sp³-hybridized carbons (Fsp3) is 0.767. The molecule has 3 N–H and O–H groups in total. The number of amides is 4. The van der Waals surface area contributed by atoms with Crippen molar-refractivity contribution < 1.29 is 28.7 Å². The van der Waals surface area contributed by atoms with E-state index < -0.39 is 41.8 Å². The average Bonchev–Trinajstić information content (AvgIpc) is 3.61. The number of nitrogens with one attached hydrogen (secondary N) is 3. The molecule has 10 nitrogen and oxygen atoms in total. The van der Waals surface area contributed by atoms with E-state index in [0.717, 1.165) is 25.7 Å². The Balaban J connectivity index is 0.00000254. The molecule has 40 heavy (non-hydrogen) atoms. The molecule has 1 saturated carbocycles. The van der Waals surface area contributed by atoms with Gasteiger partial charge in [0.25, 0.3) is 5.91 Å². The minimum absolute atomic E-state index is 0.0260. The summed E-state index contributed by atoms with van der Waals surface area (Å²) in [5.41, 5.74) is -0.211. The minimum atomic E-state index is -0.976. The number of likely N-dealkylation sites (tertiary alicyclic amines) is 1. The van der Waals surface area contributed by atoms with Gasteiger partial charge in [0.1, 0.15) is 12.1 Å². The maximum Gasteiger partial charge on any atom is 0.407 e. The Hall–Kier alpha value is -2.91. The van der Waals surface area contributed by atoms with Crippen molar-refractivity contribution >= 4 is 29.6 Å². The predicted molar refractivity (Wildman–Crippen MR) is 155 cm³/mol. The minimum Gasteiger partial charge on any atom is -0.449 e. The van der Waals surface area contributed by atoms with E-state index in [1.807, 2.05) is 27.7 Å². The number of rotatable bonds is 12. The van der Waals surface area contributed by atoms with Gasteiger partial charge in [0, 0.05) is 13.1 Å². The normalized spacial score (nSPS) is 18.6. The molecule has 2 fully saturated rings. The number of Topliss-reactive ketones (excluding diaryl/α,β-unsaturated/α-hetero) is 1. The summed E-state index contributed by atoms with van der Waals surface area (Å²) in [4.78, 5) is 65.8. The van der Waals surface area contributed by atoms with E-state index in [4.69, 9.17) is 4.74 Å². The Morgan fingerprint density at radius 3 is 2.17 bits per heavy atom. The lowest BCUT2D eigenvalue weighted by Gasteiger charge is -2.32. The van der Waals surface area contributed by atoms with Crippen LogP contribution in [0, 0.1) is 11.3 Å². The lowest BCUT2D eigenvalue weighted by molar-refractivity contribution is -0.143. The largest absolute Gasteiger partial charge is 0.449 e. The van der Waals surface area contributed by atoms with Crippen LogP contribution in [0.3, 0.4) is 0 Å². The fourth-order valence-corrected chi connectivity index (χ4v) is 4.84. The first-order valence-electron chi connectivity index (χ1n) is 14.9. The zero-order valence-electron chi connectivity index (χ0n) is 25.5. The van der Waals surface area contributed by atoms with Gasteiger partial charge in [-0.3, -0.25) is 19.2 Å². The van der Waals surface area contributed by atoms with Crippen LogP contribution in [0.4, 0.5) is 4.79 Å². The van der Waals surface area contributed by atoms with Crippen molar-refractivity contribution in [1.29, 1.82) is 0 Å². The van der Waals surface area contributed by atoms with Crippen molar-refractivity contribution in [2.24, 2.45) is 11.3 Å². The van der Waals surface area contributed by atoms with Crippen LogP contribution < -0.4 is 16.0 Å². The van der Waals surface area contributed by atoms with E-state index >= 15 is 0 Å². The Bertz CT molecular complexity index is 863. The lowest BCUT2D eigenvalue weighted by atomic mass is 9.96. The Kier molecular flexibility index (Phi) is 15.5. The molecule has 1 aliphatic carbocycles. The Morgan fingerprint density at radius 2 is 1.62 bits per heavy atom. The number of hydrogen-bond donors (Lipinski definition) is 3. The molecule has 10 heteroatoms. The van der Waals surface area contributed by atoms with Gasteiger partial charge in [-0.1, -0.05) is 73.3 Å². The van der Waals surface area contributed by atoms with Crippen molar-refractivity contribution in [3.05, 3.63) is 12.7 Å². The number of ether oxygens (including phenoxy) is 1. The number of carbonyl (C=O) groups excluding carboxylic acids is 5. The van der Waals surface area contributed by atoms with Crippen LogP contribution in [0.5, 0.6) is 0 Å². The summed E-state index contributed by atoms with van der Waals surface area (Å²) < 4.78 is 5.36. The molecule has 2 aliphatic rings. The molecule has 3 atom stereocenters. The third-order valence-corrected chi connectivity index (χ3v) is 6.73. The fourth-order valence-electron chi connectivity index (χ4n) is 4.84. The van der Waals surface area contributed by atoms with Gasteiger partial charge in [-0.15, -0.1) is 6.58 Å². The number of hydrogen-bond acceptors (Lipinski definition) is 6. The van der Waals surface area contributed by atoms with Crippen LogP contribution in [-0.2, 0) is 23.9 Å². The first-order valence-corrected chi connectivity index (χ1v) is 14.9. The van der Waals surface area contributed by atoms with Gasteiger partial charge in [0.05, 0.1) is 12.6 Å². The maximum atomic E-state index is 13.7. The molecule has 0 aromatic rings. The highest BCUT2D eigenvalue weighted by Gasteiger charge is 2.42. The zero-order valence-corrected chi connectivity index (χ0v) is 25.5. The molecule has 1 saturated heterocycles. The first kappa shape index (κ1) is 35.1. The molecule has 1 aliphatic heterocycles. The number of alkyl carbamates (subject to hydrolysis) is 1. The van der Waals surface area contributed by atoms with E-state index in [-0.39, 0.29) is 30.4 Å². The molecule has 1 heterocycles. The molecule has 2 rings (SSSR count). The predicted octanol–water partition coefficient (Wildman–Crippen LogP) is 3.88. The molecule has 2 unspecified atom stereocenters. The zero-order chi connectivity index (χ0) is 30.3. The highest BCUT2D eigenvalue weighted by molar-refractivity contribution is 6.38. The van der Waals surface area contributed by atoms with Crippen molar-refractivity contribution in [1.82, 2.24) is 20.9 Å². The molecule has 0 spiro atoms. The van der Waals surface area contributed by atoms with Gasteiger partial charge in [0.15, 0.2) is 0 Å². The lowest BCUT2D eigenvalue weighted by Crippen LogP contribution is -2.57. The van der Waals surface area contributed by atoms with Crippen molar-refractivity contribution in [2.75, 3.05) is 19.7 Å². The number of ketones is 1. The van der Waals surface area contributed by atoms with E-state index in [0.29, 0.717) is 32.2 Å². The van der Waals surface area contributed by atoms with Crippen LogP contribution in [0.1, 0.15) is 99.3 Å². The van der Waals surface area contributed by atoms with Crippen LogP contribution >= 0.6 is 0 Å².